The van der Waals surface area contributed by atoms with Gasteiger partial charge in [0.05, 0.1) is 22.6 Å². The van der Waals surface area contributed by atoms with Gasteiger partial charge < -0.3 is 5.32 Å². The quantitative estimate of drug-likeness (QED) is 0.478. The highest BCUT2D eigenvalue weighted by Crippen LogP contribution is 2.28. The van der Waals surface area contributed by atoms with Crippen LogP contribution < -0.4 is 5.32 Å². The molecule has 1 heterocycles. The lowest BCUT2D eigenvalue weighted by atomic mass is 10.2. The van der Waals surface area contributed by atoms with Crippen molar-refractivity contribution < 1.29 is 9.18 Å². The van der Waals surface area contributed by atoms with Crippen molar-refractivity contribution in [3.63, 3.8) is 0 Å². The minimum absolute atomic E-state index is 0.204. The van der Waals surface area contributed by atoms with Gasteiger partial charge in [0.25, 0.3) is 0 Å². The second kappa shape index (κ2) is 8.43. The number of amides is 1. The molecule has 1 N–H and O–H groups in total. The first-order valence-corrected chi connectivity index (χ1v) is 9.90. The molecule has 0 saturated carbocycles. The first-order valence-electron chi connectivity index (χ1n) is 7.80. The predicted molar refractivity (Wildman–Crippen MR) is 107 cm³/mol. The molecule has 1 amide bonds. The molecule has 0 saturated heterocycles. The first-order chi connectivity index (χ1) is 13.0. The van der Waals surface area contributed by atoms with Gasteiger partial charge in [0, 0.05) is 5.69 Å². The van der Waals surface area contributed by atoms with Crippen LogP contribution in [0.3, 0.4) is 0 Å². The first kappa shape index (κ1) is 19.2. The lowest BCUT2D eigenvalue weighted by molar-refractivity contribution is -0.115. The number of nitrogens with one attached hydrogen (secondary N) is 1. The van der Waals surface area contributed by atoms with Gasteiger partial charge >= 0.3 is 0 Å². The average Bonchev–Trinajstić information content (AvgIpc) is 3.02. The number of hydrogen-bond donors (Lipinski definition) is 1. The highest BCUT2D eigenvalue weighted by atomic mass is 32.2. The fourth-order valence-corrected chi connectivity index (χ4v) is 4.67. The standard InChI is InChI=1S/C18H13FN4OS3/c1-11(16(24)21-14-4-2-3-12(9-14)10-20)26-17-22-23(18(25)27-17)15-7-5-13(19)6-8-15/h2-9,11H,1H3,(H,21,24)/t11-/m1/s1. The van der Waals surface area contributed by atoms with Gasteiger partial charge in [-0.3, -0.25) is 4.79 Å². The molecular formula is C18H13FN4OS3. The summed E-state index contributed by atoms with van der Waals surface area (Å²) in [4.78, 5) is 12.4. The number of nitrogens with zero attached hydrogens (tertiary/aromatic N) is 3. The SMILES string of the molecule is C[C@@H](Sc1nn(-c2ccc(F)cc2)c(=S)s1)C(=O)Nc1cccc(C#N)c1. The van der Waals surface area contributed by atoms with E-state index in [1.54, 1.807) is 48.0 Å². The maximum Gasteiger partial charge on any atom is 0.237 e. The van der Waals surface area contributed by atoms with Crippen molar-refractivity contribution in [2.75, 3.05) is 5.32 Å². The van der Waals surface area contributed by atoms with Crippen LogP contribution in [0.15, 0.2) is 52.9 Å². The molecule has 0 aliphatic heterocycles. The maximum atomic E-state index is 13.1. The number of rotatable bonds is 5. The summed E-state index contributed by atoms with van der Waals surface area (Å²) < 4.78 is 15.8. The Bertz CT molecular complexity index is 1070. The third-order valence-electron chi connectivity index (χ3n) is 3.51. The van der Waals surface area contributed by atoms with E-state index in [4.69, 9.17) is 17.5 Å². The van der Waals surface area contributed by atoms with Crippen LogP contribution in [0.25, 0.3) is 5.69 Å². The van der Waals surface area contributed by atoms with Gasteiger partial charge in [-0.2, -0.15) is 5.26 Å². The summed E-state index contributed by atoms with van der Waals surface area (Å²) in [6.45, 7) is 1.76. The molecular weight excluding hydrogens is 403 g/mol. The van der Waals surface area contributed by atoms with Crippen LogP contribution in [0.1, 0.15) is 12.5 Å². The zero-order chi connectivity index (χ0) is 19.4. The van der Waals surface area contributed by atoms with Crippen molar-refractivity contribution in [1.82, 2.24) is 9.78 Å². The number of nitriles is 1. The molecule has 0 unspecified atom stereocenters. The van der Waals surface area contributed by atoms with Gasteiger partial charge in [0.2, 0.25) is 5.91 Å². The smallest absolute Gasteiger partial charge is 0.237 e. The Kier molecular flexibility index (Phi) is 6.01. The summed E-state index contributed by atoms with van der Waals surface area (Å²) in [6.07, 6.45) is 0. The predicted octanol–water partition coefficient (Wildman–Crippen LogP) is 4.79. The molecule has 27 heavy (non-hydrogen) atoms. The minimum Gasteiger partial charge on any atom is -0.325 e. The average molecular weight is 417 g/mol. The Morgan fingerprint density at radius 1 is 1.37 bits per heavy atom. The van der Waals surface area contributed by atoms with E-state index in [0.29, 0.717) is 25.2 Å². The van der Waals surface area contributed by atoms with E-state index in [0.717, 1.165) is 0 Å². The fourth-order valence-electron chi connectivity index (χ4n) is 2.17. The summed E-state index contributed by atoms with van der Waals surface area (Å²) in [5.74, 6) is -0.537. The number of benzene rings is 2. The molecule has 3 rings (SSSR count). The van der Waals surface area contributed by atoms with Crippen molar-refractivity contribution in [2.24, 2.45) is 0 Å². The Hall–Kier alpha value is -2.54. The molecule has 1 atom stereocenters. The molecule has 9 heteroatoms. The monoisotopic (exact) mass is 416 g/mol. The van der Waals surface area contributed by atoms with Gasteiger partial charge in [0.15, 0.2) is 8.29 Å². The number of hydrogen-bond acceptors (Lipinski definition) is 6. The second-order valence-corrected chi connectivity index (χ2v) is 8.67. The van der Waals surface area contributed by atoms with E-state index in [-0.39, 0.29) is 11.7 Å². The maximum absolute atomic E-state index is 13.1. The Balaban J connectivity index is 1.70. The third-order valence-corrected chi connectivity index (χ3v) is 5.92. The lowest BCUT2D eigenvalue weighted by Crippen LogP contribution is -2.22. The molecule has 0 bridgehead atoms. The van der Waals surface area contributed by atoms with Gasteiger partial charge in [-0.1, -0.05) is 29.2 Å². The summed E-state index contributed by atoms with van der Waals surface area (Å²) in [5, 5.41) is 15.7. The summed E-state index contributed by atoms with van der Waals surface area (Å²) in [5.41, 5.74) is 1.70. The molecule has 0 radical (unpaired) electrons. The van der Waals surface area contributed by atoms with Crippen LogP contribution >= 0.6 is 35.3 Å². The Morgan fingerprint density at radius 2 is 2.11 bits per heavy atom. The van der Waals surface area contributed by atoms with Crippen LogP contribution in [0.4, 0.5) is 10.1 Å². The highest BCUT2D eigenvalue weighted by Gasteiger charge is 2.18. The zero-order valence-electron chi connectivity index (χ0n) is 14.0. The third kappa shape index (κ3) is 4.80. The molecule has 0 spiro atoms. The van der Waals surface area contributed by atoms with Crippen molar-refractivity contribution in [1.29, 1.82) is 5.26 Å². The van der Waals surface area contributed by atoms with Crippen molar-refractivity contribution in [3.8, 4) is 11.8 Å². The fraction of sp³-hybridized carbons (Fsp3) is 0.111. The lowest BCUT2D eigenvalue weighted by Gasteiger charge is -2.10. The number of carbonyl (C=O) groups is 1. The molecule has 0 fully saturated rings. The number of anilines is 1. The second-order valence-electron chi connectivity index (χ2n) is 5.46. The van der Waals surface area contributed by atoms with Crippen molar-refractivity contribution in [3.05, 3.63) is 63.9 Å². The van der Waals surface area contributed by atoms with Gasteiger partial charge in [0.1, 0.15) is 5.82 Å². The van der Waals surface area contributed by atoms with E-state index in [1.165, 1.54) is 35.2 Å². The van der Waals surface area contributed by atoms with Crippen LogP contribution in [-0.2, 0) is 4.79 Å². The van der Waals surface area contributed by atoms with Crippen LogP contribution in [0.5, 0.6) is 0 Å². The number of thioether (sulfide) groups is 1. The van der Waals surface area contributed by atoms with E-state index in [2.05, 4.69) is 10.4 Å². The Labute approximate surface area is 168 Å². The molecule has 5 nitrogen and oxygen atoms in total. The summed E-state index contributed by atoms with van der Waals surface area (Å²) >= 11 is 7.89. The number of aromatic nitrogens is 2. The number of carbonyl (C=O) groups excluding carboxylic acids is 1. The normalized spacial score (nSPS) is 11.6. The van der Waals surface area contributed by atoms with Crippen molar-refractivity contribution >= 4 is 46.9 Å². The van der Waals surface area contributed by atoms with Crippen molar-refractivity contribution in [2.45, 2.75) is 16.5 Å². The molecule has 2 aromatic carbocycles. The molecule has 1 aromatic heterocycles. The topological polar surface area (TPSA) is 70.7 Å². The Morgan fingerprint density at radius 3 is 2.81 bits per heavy atom. The summed E-state index contributed by atoms with van der Waals surface area (Å²) in [6, 6.07) is 14.6. The van der Waals surface area contributed by atoms with Crippen LogP contribution in [-0.4, -0.2) is 20.9 Å². The van der Waals surface area contributed by atoms with E-state index < -0.39 is 5.25 Å². The molecule has 136 valence electrons. The largest absolute Gasteiger partial charge is 0.325 e. The van der Waals surface area contributed by atoms with Gasteiger partial charge in [-0.15, -0.1) is 5.10 Å². The molecule has 0 aliphatic carbocycles. The molecule has 3 aromatic rings. The zero-order valence-corrected chi connectivity index (χ0v) is 16.5. The van der Waals surface area contributed by atoms with E-state index >= 15 is 0 Å². The molecule has 0 aliphatic rings. The van der Waals surface area contributed by atoms with Crippen LogP contribution in [0.2, 0.25) is 0 Å². The minimum atomic E-state index is -0.419. The number of halogens is 1. The van der Waals surface area contributed by atoms with Gasteiger partial charge in [-0.25, -0.2) is 9.07 Å². The van der Waals surface area contributed by atoms with E-state index in [9.17, 15) is 9.18 Å². The van der Waals surface area contributed by atoms with Crippen LogP contribution in [0, 0.1) is 21.1 Å². The highest BCUT2D eigenvalue weighted by molar-refractivity contribution is 8.02. The van der Waals surface area contributed by atoms with E-state index in [1.807, 2.05) is 6.07 Å². The summed E-state index contributed by atoms with van der Waals surface area (Å²) in [7, 11) is 0. The van der Waals surface area contributed by atoms with Gasteiger partial charge in [-0.05, 0) is 61.6 Å².